The van der Waals surface area contributed by atoms with Crippen LogP contribution in [-0.4, -0.2) is 22.9 Å². The van der Waals surface area contributed by atoms with Gasteiger partial charge in [0.05, 0.1) is 6.61 Å². The zero-order valence-electron chi connectivity index (χ0n) is 4.87. The topological polar surface area (TPSA) is 110 Å². The van der Waals surface area contributed by atoms with Crippen LogP contribution in [-0.2, 0) is 0 Å². The molecule has 0 aliphatic carbocycles. The third-order valence-corrected chi connectivity index (χ3v) is 0.183. The Morgan fingerprint density at radius 1 is 1.56 bits per heavy atom. The van der Waals surface area contributed by atoms with E-state index in [0.717, 1.165) is 0 Å². The number of carbonyl (C=O) groups is 1. The summed E-state index contributed by atoms with van der Waals surface area (Å²) in [5, 5.41) is 15.7. The van der Waals surface area contributed by atoms with E-state index in [4.69, 9.17) is 15.0 Å². The number of amides is 2. The van der Waals surface area contributed by atoms with Gasteiger partial charge in [-0.3, -0.25) is 0 Å². The smallest absolute Gasteiger partial charge is 0.309 e. The highest BCUT2D eigenvalue weighted by atomic mass is 16.3. The van der Waals surface area contributed by atoms with Crippen LogP contribution in [0.2, 0.25) is 0 Å². The number of urea groups is 1. The number of aliphatic hydroxyl groups excluding tert-OH is 2. The Morgan fingerprint density at radius 3 is 1.67 bits per heavy atom. The first-order valence-corrected chi connectivity index (χ1v) is 2.03. The van der Waals surface area contributed by atoms with Crippen LogP contribution in [0.4, 0.5) is 4.79 Å². The second-order valence-corrected chi connectivity index (χ2v) is 1.13. The highest BCUT2D eigenvalue weighted by Gasteiger charge is 1.72. The van der Waals surface area contributed by atoms with Gasteiger partial charge in [0, 0.05) is 0 Å². The van der Waals surface area contributed by atoms with Gasteiger partial charge in [-0.05, 0) is 0 Å². The van der Waals surface area contributed by atoms with Crippen LogP contribution in [0.15, 0.2) is 12.3 Å². The molecule has 0 aromatic heterocycles. The van der Waals surface area contributed by atoms with E-state index in [9.17, 15) is 0 Å². The second kappa shape index (κ2) is 6.77. The van der Waals surface area contributed by atoms with Crippen molar-refractivity contribution in [1.82, 2.24) is 0 Å². The van der Waals surface area contributed by atoms with Crippen LogP contribution < -0.4 is 11.5 Å². The Bertz CT molecular complexity index is 98.0. The number of nitrogens with two attached hydrogens (primary N) is 2. The number of hydrogen-bond donors (Lipinski definition) is 4. The quantitative estimate of drug-likeness (QED) is 0.348. The fraction of sp³-hybridized carbons (Fsp3) is 0.250. The number of rotatable bonds is 1. The molecule has 0 aliphatic rings. The van der Waals surface area contributed by atoms with Crippen LogP contribution in [0.5, 0.6) is 0 Å². The Morgan fingerprint density at radius 2 is 1.67 bits per heavy atom. The fourth-order valence-electron chi connectivity index (χ4n) is 0. The van der Waals surface area contributed by atoms with Crippen LogP contribution in [0, 0.1) is 0 Å². The minimum Gasteiger partial charge on any atom is -0.510 e. The molecular weight excluding hydrogens is 124 g/mol. The SMILES string of the molecule is C=C(O)CO.NC(N)=O. The maximum Gasteiger partial charge on any atom is 0.309 e. The molecule has 9 heavy (non-hydrogen) atoms. The maximum atomic E-state index is 9.00. The molecule has 0 atom stereocenters. The minimum absolute atomic E-state index is 0.190. The Hall–Kier alpha value is -1.23. The van der Waals surface area contributed by atoms with E-state index in [1.165, 1.54) is 0 Å². The maximum absolute atomic E-state index is 9.00. The summed E-state index contributed by atoms with van der Waals surface area (Å²) < 4.78 is 0. The van der Waals surface area contributed by atoms with Crippen molar-refractivity contribution in [1.29, 1.82) is 0 Å². The molecule has 6 N–H and O–H groups in total. The molecule has 0 saturated carbocycles. The third kappa shape index (κ3) is 260. The van der Waals surface area contributed by atoms with E-state index in [-0.39, 0.29) is 12.4 Å². The van der Waals surface area contributed by atoms with E-state index >= 15 is 0 Å². The minimum atomic E-state index is -0.833. The molecule has 0 unspecified atom stereocenters. The molecule has 0 aromatic carbocycles. The van der Waals surface area contributed by atoms with Crippen molar-refractivity contribution in [2.45, 2.75) is 0 Å². The first kappa shape index (κ1) is 10.7. The highest BCUT2D eigenvalue weighted by Crippen LogP contribution is 1.70. The van der Waals surface area contributed by atoms with Crippen molar-refractivity contribution in [3.8, 4) is 0 Å². The molecule has 0 fully saturated rings. The summed E-state index contributed by atoms with van der Waals surface area (Å²) in [5.41, 5.74) is 8.50. The molecule has 0 aromatic rings. The lowest BCUT2D eigenvalue weighted by molar-refractivity contribution is 0.255. The molecule has 0 saturated heterocycles. The molecule has 0 bridgehead atoms. The third-order valence-electron chi connectivity index (χ3n) is 0.183. The van der Waals surface area contributed by atoms with E-state index in [0.29, 0.717) is 0 Å². The van der Waals surface area contributed by atoms with E-state index in [1.807, 2.05) is 0 Å². The van der Waals surface area contributed by atoms with Gasteiger partial charge in [-0.25, -0.2) is 4.79 Å². The van der Waals surface area contributed by atoms with Crippen molar-refractivity contribution in [2.24, 2.45) is 11.5 Å². The molecule has 0 rings (SSSR count). The molecule has 0 heterocycles. The zero-order chi connectivity index (χ0) is 7.86. The monoisotopic (exact) mass is 134 g/mol. The van der Waals surface area contributed by atoms with E-state index in [2.05, 4.69) is 18.0 Å². The molecule has 0 spiro atoms. The largest absolute Gasteiger partial charge is 0.510 e. The van der Waals surface area contributed by atoms with Crippen LogP contribution in [0.3, 0.4) is 0 Å². The van der Waals surface area contributed by atoms with Gasteiger partial charge in [0.1, 0.15) is 5.76 Å². The van der Waals surface area contributed by atoms with Crippen LogP contribution in [0.25, 0.3) is 0 Å². The summed E-state index contributed by atoms with van der Waals surface area (Å²) in [5.74, 6) is -0.190. The van der Waals surface area contributed by atoms with Gasteiger partial charge in [0.2, 0.25) is 0 Å². The van der Waals surface area contributed by atoms with Crippen molar-refractivity contribution in [3.63, 3.8) is 0 Å². The zero-order valence-corrected chi connectivity index (χ0v) is 4.87. The molecule has 0 radical (unpaired) electrons. The predicted molar refractivity (Wildman–Crippen MR) is 32.6 cm³/mol. The Balaban J connectivity index is 0. The highest BCUT2D eigenvalue weighted by molar-refractivity contribution is 5.69. The summed E-state index contributed by atoms with van der Waals surface area (Å²) in [6.45, 7) is 2.65. The molecular formula is C4H10N2O3. The molecule has 2 amide bonds. The molecule has 54 valence electrons. The first-order valence-electron chi connectivity index (χ1n) is 2.03. The number of aliphatic hydroxyl groups is 2. The second-order valence-electron chi connectivity index (χ2n) is 1.13. The van der Waals surface area contributed by atoms with Crippen molar-refractivity contribution in [2.75, 3.05) is 6.61 Å². The lowest BCUT2D eigenvalue weighted by Crippen LogP contribution is -2.18. The van der Waals surface area contributed by atoms with Crippen molar-refractivity contribution < 1.29 is 15.0 Å². The van der Waals surface area contributed by atoms with Gasteiger partial charge in [-0.2, -0.15) is 0 Å². The van der Waals surface area contributed by atoms with Gasteiger partial charge >= 0.3 is 6.03 Å². The standard InChI is InChI=1S/C3H6O2.CH4N2O/c1-3(5)2-4;2-1(3)4/h4-5H,1-2H2;(H4,2,3,4). The van der Waals surface area contributed by atoms with Gasteiger partial charge in [0.25, 0.3) is 0 Å². The van der Waals surface area contributed by atoms with Crippen LogP contribution >= 0.6 is 0 Å². The number of primary amides is 2. The normalized spacial score (nSPS) is 6.78. The lowest BCUT2D eigenvalue weighted by atomic mass is 10.6. The summed E-state index contributed by atoms with van der Waals surface area (Å²) in [4.78, 5) is 9.00. The summed E-state index contributed by atoms with van der Waals surface area (Å²) >= 11 is 0. The summed E-state index contributed by atoms with van der Waals surface area (Å²) in [6.07, 6.45) is 0. The lowest BCUT2D eigenvalue weighted by Gasteiger charge is -1.80. The molecule has 5 nitrogen and oxygen atoms in total. The van der Waals surface area contributed by atoms with Crippen molar-refractivity contribution >= 4 is 6.03 Å². The number of hydrogen-bond acceptors (Lipinski definition) is 3. The Kier molecular flexibility index (Phi) is 8.05. The average molecular weight is 134 g/mol. The summed E-state index contributed by atoms with van der Waals surface area (Å²) in [7, 11) is 0. The first-order chi connectivity index (χ1) is 4.00. The molecule has 5 heteroatoms. The van der Waals surface area contributed by atoms with Gasteiger partial charge in [0.15, 0.2) is 0 Å². The van der Waals surface area contributed by atoms with Gasteiger partial charge in [-0.1, -0.05) is 6.58 Å². The van der Waals surface area contributed by atoms with Crippen molar-refractivity contribution in [3.05, 3.63) is 12.3 Å². The summed E-state index contributed by atoms with van der Waals surface area (Å²) in [6, 6.07) is -0.833. The van der Waals surface area contributed by atoms with Gasteiger partial charge in [-0.15, -0.1) is 0 Å². The number of carbonyl (C=O) groups excluding carboxylic acids is 1. The molecule has 0 aliphatic heterocycles. The average Bonchev–Trinajstić information content (AvgIpc) is 1.65. The van der Waals surface area contributed by atoms with Crippen LogP contribution in [0.1, 0.15) is 0 Å². The Labute approximate surface area is 52.6 Å². The van der Waals surface area contributed by atoms with E-state index in [1.54, 1.807) is 0 Å². The predicted octanol–water partition coefficient (Wildman–Crippen LogP) is -0.926. The van der Waals surface area contributed by atoms with Gasteiger partial charge < -0.3 is 21.7 Å². The fourth-order valence-corrected chi connectivity index (χ4v) is 0. The van der Waals surface area contributed by atoms with E-state index < -0.39 is 6.03 Å².